The Hall–Kier alpha value is -2.82. The average Bonchev–Trinajstić information content (AvgIpc) is 3.31. The zero-order valence-corrected chi connectivity index (χ0v) is 43.3. The molecule has 0 saturated carbocycles. The minimum Gasteiger partial charge on any atom is -0.480 e. The van der Waals surface area contributed by atoms with Gasteiger partial charge in [-0.15, -0.1) is 0 Å². The molecule has 0 aliphatic heterocycles. The lowest BCUT2D eigenvalue weighted by Gasteiger charge is -2.18. The number of ether oxygens (including phenoxy) is 1. The van der Waals surface area contributed by atoms with Gasteiger partial charge in [0.15, 0.2) is 6.04 Å². The summed E-state index contributed by atoms with van der Waals surface area (Å²) in [5.74, 6) is -2.38. The maximum Gasteiger partial charge on any atom is 0.472 e. The summed E-state index contributed by atoms with van der Waals surface area (Å²) in [4.78, 5) is 46.2. The number of phosphoric acid groups is 1. The maximum atomic E-state index is 12.4. The van der Waals surface area contributed by atoms with Crippen LogP contribution in [0.5, 0.6) is 0 Å². The van der Waals surface area contributed by atoms with Gasteiger partial charge < -0.3 is 25.2 Å². The fraction of sp³-hybridized carbons (Fsp3) is 0.764. The second-order valence-electron chi connectivity index (χ2n) is 18.0. The number of allylic oxidation sites excluding steroid dienone is 10. The quantitative estimate of drug-likeness (QED) is 0.0199. The molecule has 12 heteroatoms. The van der Waals surface area contributed by atoms with Crippen LogP contribution in [0.4, 0.5) is 0 Å². The molecular formula is C55H98NO10P. The lowest BCUT2D eigenvalue weighted by atomic mass is 10.0. The number of aliphatic hydroxyl groups excluding tert-OH is 1. The molecule has 0 radical (unpaired) electrons. The molecule has 0 aliphatic rings. The number of carbonyl (C=O) groups excluding carboxylic acids is 2. The predicted octanol–water partition coefficient (Wildman–Crippen LogP) is 15.1. The third-order valence-corrected chi connectivity index (χ3v) is 12.5. The molecule has 0 saturated heterocycles. The zero-order valence-electron chi connectivity index (χ0n) is 42.4. The first kappa shape index (κ1) is 64.2. The summed E-state index contributed by atoms with van der Waals surface area (Å²) in [6.45, 7) is 2.50. The van der Waals surface area contributed by atoms with Gasteiger partial charge in [-0.1, -0.05) is 229 Å². The van der Waals surface area contributed by atoms with Gasteiger partial charge in [0.05, 0.1) is 13.2 Å². The molecule has 0 heterocycles. The molecule has 11 nitrogen and oxygen atoms in total. The SMILES string of the molecule is CC/C=C\C/C=C\C/C=C\C/C=C\C/C=C\CCCCCCCC(=O)OCC(O)COP(=O)(O)OCC(NC(=O)CCCCCCCCCCCCCCCCCCCCCCCC)C(=O)O. The van der Waals surface area contributed by atoms with Crippen molar-refractivity contribution in [3.63, 3.8) is 0 Å². The number of rotatable bonds is 50. The van der Waals surface area contributed by atoms with Gasteiger partial charge in [-0.05, 0) is 57.8 Å². The molecule has 388 valence electrons. The van der Waals surface area contributed by atoms with Crippen molar-refractivity contribution < 1.29 is 47.8 Å². The molecule has 0 rings (SSSR count). The normalized spacial score (nSPS) is 14.0. The van der Waals surface area contributed by atoms with E-state index < -0.39 is 57.6 Å². The number of aliphatic carboxylic acids is 1. The average molecular weight is 964 g/mol. The Morgan fingerprint density at radius 3 is 1.30 bits per heavy atom. The third kappa shape index (κ3) is 49.4. The van der Waals surface area contributed by atoms with Crippen LogP contribution in [0.3, 0.4) is 0 Å². The van der Waals surface area contributed by atoms with E-state index in [1.165, 1.54) is 116 Å². The van der Waals surface area contributed by atoms with E-state index in [9.17, 15) is 34.1 Å². The number of hydrogen-bond acceptors (Lipinski definition) is 8. The summed E-state index contributed by atoms with van der Waals surface area (Å²) in [6, 6.07) is -1.55. The van der Waals surface area contributed by atoms with Crippen molar-refractivity contribution in [2.75, 3.05) is 19.8 Å². The van der Waals surface area contributed by atoms with Crippen LogP contribution in [0.25, 0.3) is 0 Å². The Morgan fingerprint density at radius 1 is 0.493 bits per heavy atom. The molecule has 0 spiro atoms. The van der Waals surface area contributed by atoms with Gasteiger partial charge >= 0.3 is 19.8 Å². The molecule has 4 N–H and O–H groups in total. The summed E-state index contributed by atoms with van der Waals surface area (Å²) in [6.07, 6.45) is 59.6. The second kappa shape index (κ2) is 49.6. The van der Waals surface area contributed by atoms with Gasteiger partial charge in [-0.25, -0.2) is 9.36 Å². The first-order valence-electron chi connectivity index (χ1n) is 26.8. The Balaban J connectivity index is 3.83. The molecule has 1 amide bonds. The summed E-state index contributed by atoms with van der Waals surface area (Å²) in [7, 11) is -4.77. The number of carboxylic acids is 1. The van der Waals surface area contributed by atoms with Crippen LogP contribution in [0.2, 0.25) is 0 Å². The lowest BCUT2D eigenvalue weighted by Crippen LogP contribution is -2.43. The first-order chi connectivity index (χ1) is 32.6. The number of esters is 1. The largest absolute Gasteiger partial charge is 0.480 e. The van der Waals surface area contributed by atoms with Gasteiger partial charge in [0, 0.05) is 12.8 Å². The predicted molar refractivity (Wildman–Crippen MR) is 277 cm³/mol. The van der Waals surface area contributed by atoms with Gasteiger partial charge in [-0.2, -0.15) is 0 Å². The topological polar surface area (TPSA) is 169 Å². The Labute approximate surface area is 408 Å². The van der Waals surface area contributed by atoms with Crippen LogP contribution >= 0.6 is 7.82 Å². The number of carboxylic acid groups (broad SMARTS) is 1. The van der Waals surface area contributed by atoms with E-state index >= 15 is 0 Å². The van der Waals surface area contributed by atoms with Gasteiger partial charge in [-0.3, -0.25) is 18.6 Å². The molecule has 67 heavy (non-hydrogen) atoms. The molecule has 3 atom stereocenters. The van der Waals surface area contributed by atoms with E-state index in [1.807, 2.05) is 0 Å². The lowest BCUT2D eigenvalue weighted by molar-refractivity contribution is -0.147. The van der Waals surface area contributed by atoms with E-state index in [0.29, 0.717) is 12.8 Å². The van der Waals surface area contributed by atoms with Crippen molar-refractivity contribution in [1.82, 2.24) is 5.32 Å². The summed E-state index contributed by atoms with van der Waals surface area (Å²) >= 11 is 0. The van der Waals surface area contributed by atoms with Crippen LogP contribution < -0.4 is 5.32 Å². The molecule has 0 aromatic rings. The third-order valence-electron chi connectivity index (χ3n) is 11.6. The number of hydrogen-bond donors (Lipinski definition) is 4. The molecule has 0 fully saturated rings. The first-order valence-corrected chi connectivity index (χ1v) is 28.3. The number of aliphatic hydroxyl groups is 1. The van der Waals surface area contributed by atoms with Gasteiger partial charge in [0.1, 0.15) is 12.7 Å². The van der Waals surface area contributed by atoms with Crippen molar-refractivity contribution in [3.05, 3.63) is 60.8 Å². The molecule has 0 bridgehead atoms. The van der Waals surface area contributed by atoms with E-state index in [4.69, 9.17) is 13.8 Å². The highest BCUT2D eigenvalue weighted by Gasteiger charge is 2.28. The van der Waals surface area contributed by atoms with Crippen LogP contribution in [-0.4, -0.2) is 64.9 Å². The van der Waals surface area contributed by atoms with E-state index in [-0.39, 0.29) is 12.8 Å². The van der Waals surface area contributed by atoms with Crippen molar-refractivity contribution in [2.24, 2.45) is 0 Å². The van der Waals surface area contributed by atoms with E-state index in [1.54, 1.807) is 0 Å². The molecule has 3 unspecified atom stereocenters. The molecule has 0 aromatic heterocycles. The summed E-state index contributed by atoms with van der Waals surface area (Å²) < 4.78 is 27.0. The number of phosphoric ester groups is 1. The molecule has 0 aromatic carbocycles. The molecular weight excluding hydrogens is 866 g/mol. The summed E-state index contributed by atoms with van der Waals surface area (Å²) in [5, 5.41) is 22.0. The summed E-state index contributed by atoms with van der Waals surface area (Å²) in [5.41, 5.74) is 0. The monoisotopic (exact) mass is 964 g/mol. The fourth-order valence-electron chi connectivity index (χ4n) is 7.46. The fourth-order valence-corrected chi connectivity index (χ4v) is 8.23. The number of carbonyl (C=O) groups is 3. The van der Waals surface area contributed by atoms with Crippen LogP contribution in [0, 0.1) is 0 Å². The Morgan fingerprint density at radius 2 is 0.866 bits per heavy atom. The second-order valence-corrected chi connectivity index (χ2v) is 19.5. The maximum absolute atomic E-state index is 12.4. The smallest absolute Gasteiger partial charge is 0.472 e. The highest BCUT2D eigenvalue weighted by Crippen LogP contribution is 2.43. The Kier molecular flexibility index (Phi) is 47.5. The minimum absolute atomic E-state index is 0.146. The number of nitrogens with one attached hydrogen (secondary N) is 1. The molecule has 0 aliphatic carbocycles. The van der Waals surface area contributed by atoms with Crippen molar-refractivity contribution >= 4 is 25.7 Å². The van der Waals surface area contributed by atoms with Crippen molar-refractivity contribution in [1.29, 1.82) is 0 Å². The zero-order chi connectivity index (χ0) is 49.2. The van der Waals surface area contributed by atoms with Crippen LogP contribution in [-0.2, 0) is 32.7 Å². The number of amides is 1. The van der Waals surface area contributed by atoms with Gasteiger partial charge in [0.2, 0.25) is 5.91 Å². The highest BCUT2D eigenvalue weighted by atomic mass is 31.2. The van der Waals surface area contributed by atoms with E-state index in [2.05, 4.69) is 79.9 Å². The Bertz CT molecular complexity index is 1360. The van der Waals surface area contributed by atoms with Crippen molar-refractivity contribution in [2.45, 2.75) is 251 Å². The van der Waals surface area contributed by atoms with Crippen LogP contribution in [0.15, 0.2) is 60.8 Å². The van der Waals surface area contributed by atoms with E-state index in [0.717, 1.165) is 83.5 Å². The highest BCUT2D eigenvalue weighted by molar-refractivity contribution is 7.47. The van der Waals surface area contributed by atoms with Crippen LogP contribution in [0.1, 0.15) is 239 Å². The minimum atomic E-state index is -4.77. The van der Waals surface area contributed by atoms with Gasteiger partial charge in [0.25, 0.3) is 0 Å². The standard InChI is InChI=1S/C55H98NO10P/c1-3-5-7-9-11-13-15-17-19-21-23-25-27-28-30-32-34-36-38-40-42-44-46-53(58)56-52(55(60)61)50-66-67(62,63)65-49-51(57)48-64-54(59)47-45-43-41-39-37-35-33-31-29-26-24-22-20-18-16-14-12-10-8-6-4-2/h6,8,12,14,18,20,24,26,31,33,51-52,57H,3-5,7,9-11,13,15-17,19,21-23,25,27-30,32,34-50H2,1-2H3,(H,56,58)(H,60,61)(H,62,63)/b8-6-,14-12-,20-18-,26-24-,33-31-. The van der Waals surface area contributed by atoms with Crippen molar-refractivity contribution in [3.8, 4) is 0 Å². The number of unbranched alkanes of at least 4 members (excludes halogenated alkanes) is 26.